The average Bonchev–Trinajstić information content (AvgIpc) is 2.87. The van der Waals surface area contributed by atoms with Crippen molar-refractivity contribution in [3.63, 3.8) is 0 Å². The first kappa shape index (κ1) is 24.4. The van der Waals surface area contributed by atoms with Crippen molar-refractivity contribution in [1.82, 2.24) is 0 Å². The van der Waals surface area contributed by atoms with E-state index in [9.17, 15) is 8.78 Å². The van der Waals surface area contributed by atoms with Gasteiger partial charge in [0, 0.05) is 5.56 Å². The monoisotopic (exact) mass is 458 g/mol. The third kappa shape index (κ3) is 6.03. The Balaban J connectivity index is 1.37. The molecule has 3 aromatic carbocycles. The van der Waals surface area contributed by atoms with Crippen molar-refractivity contribution in [3.05, 3.63) is 118 Å². The second-order valence-corrected chi connectivity index (χ2v) is 9.88. The lowest BCUT2D eigenvalue weighted by molar-refractivity contribution is 0.393. The molecule has 0 bridgehead atoms. The SMILES string of the molecule is C/C=C/CCc1ccc(C2CCC(c3cc(F)c(CC(C)c4ccccc4)c(F)c3)CC2)cc1. The van der Waals surface area contributed by atoms with Crippen LogP contribution in [0.4, 0.5) is 8.78 Å². The maximum absolute atomic E-state index is 15.0. The minimum absolute atomic E-state index is 0.0704. The maximum Gasteiger partial charge on any atom is 0.129 e. The van der Waals surface area contributed by atoms with Gasteiger partial charge in [0.25, 0.3) is 0 Å². The topological polar surface area (TPSA) is 0 Å². The van der Waals surface area contributed by atoms with Crippen molar-refractivity contribution >= 4 is 0 Å². The van der Waals surface area contributed by atoms with Gasteiger partial charge >= 0.3 is 0 Å². The second kappa shape index (κ2) is 11.6. The molecule has 0 aromatic heterocycles. The van der Waals surface area contributed by atoms with Crippen molar-refractivity contribution in [1.29, 1.82) is 0 Å². The molecule has 1 aliphatic rings. The summed E-state index contributed by atoms with van der Waals surface area (Å²) >= 11 is 0. The molecule has 3 aromatic rings. The fourth-order valence-corrected chi connectivity index (χ4v) is 5.39. The first-order valence-electron chi connectivity index (χ1n) is 12.8. The maximum atomic E-state index is 15.0. The summed E-state index contributed by atoms with van der Waals surface area (Å²) in [6.45, 7) is 4.08. The van der Waals surface area contributed by atoms with Gasteiger partial charge in [-0.05, 0) is 104 Å². The van der Waals surface area contributed by atoms with Crippen LogP contribution in [0.25, 0.3) is 0 Å². The van der Waals surface area contributed by atoms with Crippen LogP contribution >= 0.6 is 0 Å². The van der Waals surface area contributed by atoms with E-state index in [1.165, 1.54) is 11.1 Å². The van der Waals surface area contributed by atoms with Crippen LogP contribution in [0.5, 0.6) is 0 Å². The molecule has 34 heavy (non-hydrogen) atoms. The summed E-state index contributed by atoms with van der Waals surface area (Å²) in [5, 5.41) is 0. The fourth-order valence-electron chi connectivity index (χ4n) is 5.39. The molecule has 1 fully saturated rings. The molecule has 0 N–H and O–H groups in total. The fraction of sp³-hybridized carbons (Fsp3) is 0.375. The van der Waals surface area contributed by atoms with Crippen LogP contribution in [0.2, 0.25) is 0 Å². The van der Waals surface area contributed by atoms with Gasteiger partial charge in [-0.25, -0.2) is 8.78 Å². The molecule has 4 rings (SSSR count). The summed E-state index contributed by atoms with van der Waals surface area (Å²) < 4.78 is 30.0. The Kier molecular flexibility index (Phi) is 8.32. The molecule has 0 aliphatic heterocycles. The number of hydrogen-bond donors (Lipinski definition) is 0. The quantitative estimate of drug-likeness (QED) is 0.295. The predicted molar refractivity (Wildman–Crippen MR) is 138 cm³/mol. The highest BCUT2D eigenvalue weighted by molar-refractivity contribution is 5.32. The Morgan fingerprint density at radius 3 is 2.00 bits per heavy atom. The van der Waals surface area contributed by atoms with Crippen LogP contribution in [0.3, 0.4) is 0 Å². The van der Waals surface area contributed by atoms with E-state index >= 15 is 0 Å². The van der Waals surface area contributed by atoms with Crippen LogP contribution < -0.4 is 0 Å². The molecular formula is C32H36F2. The Morgan fingerprint density at radius 2 is 1.41 bits per heavy atom. The lowest BCUT2D eigenvalue weighted by Crippen LogP contribution is -2.13. The largest absolute Gasteiger partial charge is 0.207 e. The van der Waals surface area contributed by atoms with Gasteiger partial charge in [0.1, 0.15) is 11.6 Å². The van der Waals surface area contributed by atoms with E-state index in [1.807, 2.05) is 37.3 Å². The molecule has 0 amide bonds. The Bertz CT molecular complexity index is 1050. The van der Waals surface area contributed by atoms with Gasteiger partial charge in [-0.15, -0.1) is 0 Å². The average molecular weight is 459 g/mol. The normalized spacial score (nSPS) is 19.4. The van der Waals surface area contributed by atoms with Gasteiger partial charge in [0.15, 0.2) is 0 Å². The Hall–Kier alpha value is -2.74. The summed E-state index contributed by atoms with van der Waals surface area (Å²) in [6.07, 6.45) is 10.9. The highest BCUT2D eigenvalue weighted by atomic mass is 19.1. The van der Waals surface area contributed by atoms with Gasteiger partial charge < -0.3 is 0 Å². The van der Waals surface area contributed by atoms with Crippen LogP contribution in [-0.4, -0.2) is 0 Å². The summed E-state index contributed by atoms with van der Waals surface area (Å²) in [5.41, 5.74) is 4.92. The van der Waals surface area contributed by atoms with E-state index in [1.54, 1.807) is 12.1 Å². The van der Waals surface area contributed by atoms with Crippen LogP contribution in [-0.2, 0) is 12.8 Å². The van der Waals surface area contributed by atoms with E-state index in [0.29, 0.717) is 12.3 Å². The van der Waals surface area contributed by atoms with E-state index in [-0.39, 0.29) is 17.4 Å². The molecule has 1 aliphatic carbocycles. The van der Waals surface area contributed by atoms with Crippen molar-refractivity contribution in [2.45, 2.75) is 76.5 Å². The summed E-state index contributed by atoms with van der Waals surface area (Å²) in [6, 6.07) is 22.2. The third-order valence-electron chi connectivity index (χ3n) is 7.53. The van der Waals surface area contributed by atoms with Crippen LogP contribution in [0.15, 0.2) is 78.9 Å². The van der Waals surface area contributed by atoms with Crippen molar-refractivity contribution in [2.24, 2.45) is 0 Å². The molecule has 1 unspecified atom stereocenters. The minimum atomic E-state index is -0.395. The van der Waals surface area contributed by atoms with E-state index in [0.717, 1.165) is 49.7 Å². The molecule has 0 heterocycles. The molecule has 1 atom stereocenters. The zero-order valence-electron chi connectivity index (χ0n) is 20.4. The van der Waals surface area contributed by atoms with Crippen molar-refractivity contribution in [3.8, 4) is 0 Å². The first-order chi connectivity index (χ1) is 16.5. The van der Waals surface area contributed by atoms with Gasteiger partial charge in [0.2, 0.25) is 0 Å². The van der Waals surface area contributed by atoms with E-state index in [4.69, 9.17) is 0 Å². The lowest BCUT2D eigenvalue weighted by Gasteiger charge is -2.29. The number of aryl methyl sites for hydroxylation is 1. The molecule has 0 nitrogen and oxygen atoms in total. The van der Waals surface area contributed by atoms with Crippen molar-refractivity contribution in [2.75, 3.05) is 0 Å². The zero-order chi connectivity index (χ0) is 23.9. The van der Waals surface area contributed by atoms with Crippen molar-refractivity contribution < 1.29 is 8.78 Å². The standard InChI is InChI=1S/C32H36F2/c1-3-4-6-9-24-12-14-26(15-13-24)27-16-18-28(19-17-27)29-21-31(33)30(32(34)22-29)20-23(2)25-10-7-5-8-11-25/h3-5,7-8,10-15,21-23,27-28H,6,9,16-20H2,1-2H3/b4-3+. The number of allylic oxidation sites excluding steroid dienone is 2. The number of halogens is 2. The highest BCUT2D eigenvalue weighted by Gasteiger charge is 2.25. The molecule has 0 spiro atoms. The molecule has 0 saturated heterocycles. The summed E-state index contributed by atoms with van der Waals surface area (Å²) in [7, 11) is 0. The molecule has 2 heteroatoms. The summed E-state index contributed by atoms with van der Waals surface area (Å²) in [4.78, 5) is 0. The minimum Gasteiger partial charge on any atom is -0.207 e. The summed E-state index contributed by atoms with van der Waals surface area (Å²) in [5.74, 6) is 0.0605. The van der Waals surface area contributed by atoms with Crippen LogP contribution in [0, 0.1) is 11.6 Å². The highest BCUT2D eigenvalue weighted by Crippen LogP contribution is 2.41. The smallest absolute Gasteiger partial charge is 0.129 e. The van der Waals surface area contributed by atoms with E-state index in [2.05, 4.69) is 43.3 Å². The third-order valence-corrected chi connectivity index (χ3v) is 7.53. The van der Waals surface area contributed by atoms with Gasteiger partial charge in [-0.2, -0.15) is 0 Å². The Morgan fingerprint density at radius 1 is 0.824 bits per heavy atom. The second-order valence-electron chi connectivity index (χ2n) is 9.88. The van der Waals surface area contributed by atoms with Gasteiger partial charge in [0.05, 0.1) is 0 Å². The molecule has 0 radical (unpaired) electrons. The number of rotatable bonds is 8. The molecule has 178 valence electrons. The zero-order valence-corrected chi connectivity index (χ0v) is 20.4. The number of hydrogen-bond acceptors (Lipinski definition) is 0. The van der Waals surface area contributed by atoms with E-state index < -0.39 is 11.6 Å². The molecular weight excluding hydrogens is 422 g/mol. The van der Waals surface area contributed by atoms with Crippen LogP contribution in [0.1, 0.15) is 91.5 Å². The Labute approximate surface area is 203 Å². The van der Waals surface area contributed by atoms with Gasteiger partial charge in [-0.1, -0.05) is 73.7 Å². The molecule has 1 saturated carbocycles. The predicted octanol–water partition coefficient (Wildman–Crippen LogP) is 9.26. The first-order valence-corrected chi connectivity index (χ1v) is 12.8. The lowest BCUT2D eigenvalue weighted by atomic mass is 9.76. The number of benzene rings is 3. The van der Waals surface area contributed by atoms with Gasteiger partial charge in [-0.3, -0.25) is 0 Å².